The van der Waals surface area contributed by atoms with Crippen LogP contribution < -0.4 is 5.32 Å². The van der Waals surface area contributed by atoms with E-state index in [0.717, 1.165) is 5.69 Å². The molecule has 3 heteroatoms. The Morgan fingerprint density at radius 1 is 1.67 bits per heavy atom. The van der Waals surface area contributed by atoms with Gasteiger partial charge < -0.3 is 5.32 Å². The molecule has 0 aliphatic heterocycles. The first-order valence-corrected chi connectivity index (χ1v) is 4.95. The Bertz CT molecular complexity index is 231. The topological polar surface area (TPSA) is 24.9 Å². The van der Waals surface area contributed by atoms with Crippen LogP contribution in [0.3, 0.4) is 0 Å². The normalized spacial score (nSPS) is 15.5. The molecular weight excluding hydrogens is 168 g/mol. The highest BCUT2D eigenvalue weighted by molar-refractivity contribution is 7.07. The Balaban J connectivity index is 2.49. The van der Waals surface area contributed by atoms with E-state index in [9.17, 15) is 0 Å². The van der Waals surface area contributed by atoms with Crippen molar-refractivity contribution in [1.29, 1.82) is 0 Å². The Morgan fingerprint density at radius 2 is 2.42 bits per heavy atom. The molecule has 2 nitrogen and oxygen atoms in total. The summed E-state index contributed by atoms with van der Waals surface area (Å²) >= 11 is 1.63. The van der Waals surface area contributed by atoms with E-state index in [1.54, 1.807) is 11.3 Å². The van der Waals surface area contributed by atoms with E-state index in [2.05, 4.69) is 36.1 Å². The van der Waals surface area contributed by atoms with Crippen molar-refractivity contribution in [1.82, 2.24) is 10.3 Å². The maximum absolute atomic E-state index is 4.23. The highest BCUT2D eigenvalue weighted by atomic mass is 32.1. The standard InChI is InChI=1S/C9H14N2S/c1-4-7(2)11-8(3)9-5-12-6-10-9/h4-8,11H,1H2,2-3H3. The van der Waals surface area contributed by atoms with Crippen molar-refractivity contribution in [2.45, 2.75) is 25.9 Å². The second-order valence-corrected chi connectivity index (χ2v) is 3.54. The summed E-state index contributed by atoms with van der Waals surface area (Å²) in [6.45, 7) is 7.90. The second kappa shape index (κ2) is 4.38. The van der Waals surface area contributed by atoms with E-state index in [0.29, 0.717) is 12.1 Å². The molecule has 1 aromatic heterocycles. The molecule has 0 radical (unpaired) electrons. The lowest BCUT2D eigenvalue weighted by atomic mass is 10.2. The molecule has 0 saturated heterocycles. The fourth-order valence-corrected chi connectivity index (χ4v) is 1.63. The van der Waals surface area contributed by atoms with Crippen molar-refractivity contribution in [3.05, 3.63) is 29.2 Å². The monoisotopic (exact) mass is 182 g/mol. The molecule has 0 bridgehead atoms. The number of hydrogen-bond acceptors (Lipinski definition) is 3. The molecule has 1 heterocycles. The van der Waals surface area contributed by atoms with E-state index in [1.807, 2.05) is 11.6 Å². The second-order valence-electron chi connectivity index (χ2n) is 2.83. The molecule has 66 valence electrons. The molecule has 12 heavy (non-hydrogen) atoms. The van der Waals surface area contributed by atoms with Crippen LogP contribution in [0.1, 0.15) is 25.6 Å². The average Bonchev–Trinajstić information content (AvgIpc) is 2.56. The third-order valence-electron chi connectivity index (χ3n) is 1.76. The van der Waals surface area contributed by atoms with E-state index in [4.69, 9.17) is 0 Å². The van der Waals surface area contributed by atoms with Gasteiger partial charge in [-0.2, -0.15) is 0 Å². The fraction of sp³-hybridized carbons (Fsp3) is 0.444. The van der Waals surface area contributed by atoms with Gasteiger partial charge in [0.25, 0.3) is 0 Å². The minimum absolute atomic E-state index is 0.309. The first-order chi connectivity index (χ1) is 5.74. The molecular formula is C9H14N2S. The van der Waals surface area contributed by atoms with Crippen LogP contribution in [0.5, 0.6) is 0 Å². The van der Waals surface area contributed by atoms with Gasteiger partial charge in [-0.3, -0.25) is 0 Å². The zero-order valence-corrected chi connectivity index (χ0v) is 8.27. The van der Waals surface area contributed by atoms with Crippen LogP contribution in [-0.4, -0.2) is 11.0 Å². The van der Waals surface area contributed by atoms with Gasteiger partial charge in [0.1, 0.15) is 0 Å². The van der Waals surface area contributed by atoms with E-state index >= 15 is 0 Å². The van der Waals surface area contributed by atoms with Crippen LogP contribution in [0.4, 0.5) is 0 Å². The molecule has 1 rings (SSSR count). The van der Waals surface area contributed by atoms with Gasteiger partial charge in [0.15, 0.2) is 0 Å². The molecule has 0 aliphatic rings. The minimum Gasteiger partial charge on any atom is -0.303 e. The van der Waals surface area contributed by atoms with Crippen molar-refractivity contribution in [3.63, 3.8) is 0 Å². The van der Waals surface area contributed by atoms with Crippen LogP contribution >= 0.6 is 11.3 Å². The number of nitrogens with zero attached hydrogens (tertiary/aromatic N) is 1. The van der Waals surface area contributed by atoms with E-state index in [-0.39, 0.29) is 0 Å². The first kappa shape index (κ1) is 9.42. The summed E-state index contributed by atoms with van der Waals surface area (Å²) in [5.74, 6) is 0. The van der Waals surface area contributed by atoms with Crippen LogP contribution in [0.2, 0.25) is 0 Å². The average molecular weight is 182 g/mol. The highest BCUT2D eigenvalue weighted by Gasteiger charge is 2.07. The predicted octanol–water partition coefficient (Wildman–Crippen LogP) is 2.37. The zero-order valence-electron chi connectivity index (χ0n) is 7.45. The SMILES string of the molecule is C=CC(C)NC(C)c1cscn1. The largest absolute Gasteiger partial charge is 0.303 e. The Kier molecular flexibility index (Phi) is 3.44. The van der Waals surface area contributed by atoms with Gasteiger partial charge >= 0.3 is 0 Å². The molecule has 1 aromatic rings. The van der Waals surface area contributed by atoms with Gasteiger partial charge in [0.05, 0.1) is 11.2 Å². The summed E-state index contributed by atoms with van der Waals surface area (Å²) in [4.78, 5) is 4.23. The smallest absolute Gasteiger partial charge is 0.0795 e. The number of hydrogen-bond donors (Lipinski definition) is 1. The van der Waals surface area contributed by atoms with Crippen molar-refractivity contribution in [3.8, 4) is 0 Å². The van der Waals surface area contributed by atoms with Crippen LogP contribution in [0.25, 0.3) is 0 Å². The lowest BCUT2D eigenvalue weighted by molar-refractivity contribution is 0.528. The van der Waals surface area contributed by atoms with Gasteiger partial charge in [-0.1, -0.05) is 6.08 Å². The lowest BCUT2D eigenvalue weighted by Gasteiger charge is -2.14. The maximum atomic E-state index is 4.23. The van der Waals surface area contributed by atoms with Crippen LogP contribution in [0.15, 0.2) is 23.5 Å². The minimum atomic E-state index is 0.309. The number of nitrogens with one attached hydrogen (secondary N) is 1. The Labute approximate surface area is 77.3 Å². The number of aromatic nitrogens is 1. The fourth-order valence-electron chi connectivity index (χ4n) is 0.983. The van der Waals surface area contributed by atoms with Gasteiger partial charge in [-0.15, -0.1) is 17.9 Å². The van der Waals surface area contributed by atoms with Crippen molar-refractivity contribution < 1.29 is 0 Å². The Morgan fingerprint density at radius 3 is 2.92 bits per heavy atom. The quantitative estimate of drug-likeness (QED) is 0.723. The summed E-state index contributed by atoms with van der Waals surface area (Å²) in [6, 6.07) is 0.644. The summed E-state index contributed by atoms with van der Waals surface area (Å²) in [5.41, 5.74) is 2.96. The summed E-state index contributed by atoms with van der Waals surface area (Å²) < 4.78 is 0. The maximum Gasteiger partial charge on any atom is 0.0795 e. The summed E-state index contributed by atoms with van der Waals surface area (Å²) in [7, 11) is 0. The van der Waals surface area contributed by atoms with Crippen LogP contribution in [-0.2, 0) is 0 Å². The van der Waals surface area contributed by atoms with Gasteiger partial charge in [-0.25, -0.2) is 4.98 Å². The Hall–Kier alpha value is -0.670. The van der Waals surface area contributed by atoms with Gasteiger partial charge in [-0.05, 0) is 13.8 Å². The van der Waals surface area contributed by atoms with Gasteiger partial charge in [0, 0.05) is 17.5 Å². The first-order valence-electron chi connectivity index (χ1n) is 4.00. The highest BCUT2D eigenvalue weighted by Crippen LogP contribution is 2.12. The molecule has 2 unspecified atom stereocenters. The predicted molar refractivity (Wildman–Crippen MR) is 53.3 cm³/mol. The van der Waals surface area contributed by atoms with E-state index < -0.39 is 0 Å². The third-order valence-corrected chi connectivity index (χ3v) is 2.37. The summed E-state index contributed by atoms with van der Waals surface area (Å²) in [6.07, 6.45) is 1.89. The third kappa shape index (κ3) is 2.43. The molecule has 0 amide bonds. The van der Waals surface area contributed by atoms with E-state index in [1.165, 1.54) is 0 Å². The molecule has 0 spiro atoms. The van der Waals surface area contributed by atoms with Crippen LogP contribution in [0, 0.1) is 0 Å². The lowest BCUT2D eigenvalue weighted by Crippen LogP contribution is -2.27. The number of thiazole rings is 1. The molecule has 0 fully saturated rings. The molecule has 2 atom stereocenters. The van der Waals surface area contributed by atoms with Crippen molar-refractivity contribution in [2.75, 3.05) is 0 Å². The molecule has 0 saturated carbocycles. The zero-order chi connectivity index (χ0) is 8.97. The van der Waals surface area contributed by atoms with Gasteiger partial charge in [0.2, 0.25) is 0 Å². The van der Waals surface area contributed by atoms with Crippen molar-refractivity contribution in [2.24, 2.45) is 0 Å². The van der Waals surface area contributed by atoms with Crippen molar-refractivity contribution >= 4 is 11.3 Å². The molecule has 1 N–H and O–H groups in total. The molecule has 0 aromatic carbocycles. The summed E-state index contributed by atoms with van der Waals surface area (Å²) in [5, 5.41) is 5.42. The molecule has 0 aliphatic carbocycles. The number of rotatable bonds is 4.